The van der Waals surface area contributed by atoms with Gasteiger partial charge in [-0.3, -0.25) is 4.79 Å². The maximum absolute atomic E-state index is 13.5. The molecular weight excluding hydrogens is 281 g/mol. The number of anilines is 2. The Hall–Kier alpha value is -2.43. The molecule has 1 amide bonds. The number of rotatable bonds is 4. The second-order valence-corrected chi connectivity index (χ2v) is 5.42. The van der Waals surface area contributed by atoms with Crippen LogP contribution in [0.4, 0.5) is 15.9 Å². The third kappa shape index (κ3) is 3.42. The molecule has 0 saturated carbocycles. The maximum Gasteiger partial charge on any atom is 0.228 e. The van der Waals surface area contributed by atoms with E-state index in [9.17, 15) is 9.18 Å². The highest BCUT2D eigenvalue weighted by molar-refractivity contribution is 5.92. The number of hydrogen-bond donors (Lipinski definition) is 1. The van der Waals surface area contributed by atoms with Crippen molar-refractivity contribution in [1.82, 2.24) is 4.98 Å². The highest BCUT2D eigenvalue weighted by Gasteiger charge is 2.13. The number of carbonyl (C=O) groups is 1. The normalized spacial score (nSPS) is 14.1. The summed E-state index contributed by atoms with van der Waals surface area (Å²) < 4.78 is 13.5. The molecule has 22 heavy (non-hydrogen) atoms. The van der Waals surface area contributed by atoms with E-state index < -0.39 is 0 Å². The molecule has 1 N–H and O–H groups in total. The van der Waals surface area contributed by atoms with E-state index in [-0.39, 0.29) is 18.1 Å². The van der Waals surface area contributed by atoms with Gasteiger partial charge in [0, 0.05) is 13.1 Å². The summed E-state index contributed by atoms with van der Waals surface area (Å²) in [6.45, 7) is 2.07. The van der Waals surface area contributed by atoms with Crippen LogP contribution in [0.3, 0.4) is 0 Å². The van der Waals surface area contributed by atoms with Crippen molar-refractivity contribution < 1.29 is 9.18 Å². The minimum atomic E-state index is -0.361. The molecule has 0 spiro atoms. The molecule has 2 heterocycles. The summed E-state index contributed by atoms with van der Waals surface area (Å²) in [5, 5.41) is 2.75. The van der Waals surface area contributed by atoms with E-state index in [1.807, 2.05) is 12.1 Å². The molecule has 0 bridgehead atoms. The van der Waals surface area contributed by atoms with Crippen LogP contribution in [-0.2, 0) is 11.2 Å². The molecule has 1 aromatic carbocycles. The zero-order valence-electron chi connectivity index (χ0n) is 12.3. The third-order valence-corrected chi connectivity index (χ3v) is 3.77. The van der Waals surface area contributed by atoms with Gasteiger partial charge in [0.1, 0.15) is 11.6 Å². The summed E-state index contributed by atoms with van der Waals surface area (Å²) in [7, 11) is 0. The molecule has 114 valence electrons. The van der Waals surface area contributed by atoms with Crippen molar-refractivity contribution in [2.45, 2.75) is 19.3 Å². The SMILES string of the molecule is O=C(Cc1ccccc1F)Nc1ccc(N2CCCC2)nc1. The summed E-state index contributed by atoms with van der Waals surface area (Å²) in [5.41, 5.74) is 1.02. The van der Waals surface area contributed by atoms with Gasteiger partial charge < -0.3 is 10.2 Å². The molecule has 1 aliphatic rings. The number of halogens is 1. The summed E-state index contributed by atoms with van der Waals surface area (Å²) in [6, 6.07) is 10.0. The summed E-state index contributed by atoms with van der Waals surface area (Å²) in [6.07, 6.45) is 4.05. The molecule has 0 unspecified atom stereocenters. The number of amides is 1. The predicted molar refractivity (Wildman–Crippen MR) is 84.4 cm³/mol. The number of aromatic nitrogens is 1. The number of benzene rings is 1. The van der Waals surface area contributed by atoms with Gasteiger partial charge in [-0.05, 0) is 36.6 Å². The van der Waals surface area contributed by atoms with Crippen molar-refractivity contribution in [3.05, 3.63) is 54.0 Å². The Bertz CT molecular complexity index is 651. The molecule has 0 aliphatic carbocycles. The lowest BCUT2D eigenvalue weighted by Gasteiger charge is -2.16. The number of nitrogens with zero attached hydrogens (tertiary/aromatic N) is 2. The topological polar surface area (TPSA) is 45.2 Å². The van der Waals surface area contributed by atoms with E-state index in [2.05, 4.69) is 15.2 Å². The van der Waals surface area contributed by atoms with Gasteiger partial charge in [-0.15, -0.1) is 0 Å². The van der Waals surface area contributed by atoms with E-state index in [1.165, 1.54) is 18.9 Å². The first-order chi connectivity index (χ1) is 10.7. The van der Waals surface area contributed by atoms with Crippen molar-refractivity contribution >= 4 is 17.4 Å². The monoisotopic (exact) mass is 299 g/mol. The van der Waals surface area contributed by atoms with Gasteiger partial charge >= 0.3 is 0 Å². The van der Waals surface area contributed by atoms with Crippen LogP contribution >= 0.6 is 0 Å². The predicted octanol–water partition coefficient (Wildman–Crippen LogP) is 3.00. The molecule has 5 heteroatoms. The zero-order valence-corrected chi connectivity index (χ0v) is 12.3. The van der Waals surface area contributed by atoms with Crippen LogP contribution in [0.5, 0.6) is 0 Å². The highest BCUT2D eigenvalue weighted by Crippen LogP contribution is 2.19. The number of pyridine rings is 1. The van der Waals surface area contributed by atoms with Gasteiger partial charge in [0.05, 0.1) is 18.3 Å². The minimum absolute atomic E-state index is 0.0144. The lowest BCUT2D eigenvalue weighted by atomic mass is 10.1. The van der Waals surface area contributed by atoms with E-state index >= 15 is 0 Å². The largest absolute Gasteiger partial charge is 0.357 e. The fraction of sp³-hybridized carbons (Fsp3) is 0.294. The average Bonchev–Trinajstić information content (AvgIpc) is 3.05. The fourth-order valence-electron chi connectivity index (χ4n) is 2.61. The van der Waals surface area contributed by atoms with Gasteiger partial charge in [-0.2, -0.15) is 0 Å². The molecule has 1 fully saturated rings. The summed E-state index contributed by atoms with van der Waals surface area (Å²) in [4.78, 5) is 18.6. The van der Waals surface area contributed by atoms with Crippen LogP contribution in [0.15, 0.2) is 42.6 Å². The fourth-order valence-corrected chi connectivity index (χ4v) is 2.61. The lowest BCUT2D eigenvalue weighted by molar-refractivity contribution is -0.115. The third-order valence-electron chi connectivity index (χ3n) is 3.77. The Balaban J connectivity index is 1.60. The van der Waals surface area contributed by atoms with Gasteiger partial charge in [-0.1, -0.05) is 18.2 Å². The van der Waals surface area contributed by atoms with Gasteiger partial charge in [-0.25, -0.2) is 9.37 Å². The van der Waals surface area contributed by atoms with Crippen LogP contribution in [-0.4, -0.2) is 24.0 Å². The summed E-state index contributed by atoms with van der Waals surface area (Å²) >= 11 is 0. The molecule has 4 nitrogen and oxygen atoms in total. The highest BCUT2D eigenvalue weighted by atomic mass is 19.1. The first-order valence-corrected chi connectivity index (χ1v) is 7.46. The molecular formula is C17H18FN3O. The molecule has 1 aromatic heterocycles. The van der Waals surface area contributed by atoms with Crippen LogP contribution in [0.25, 0.3) is 0 Å². The Labute approximate surface area is 129 Å². The Morgan fingerprint density at radius 3 is 2.64 bits per heavy atom. The zero-order chi connectivity index (χ0) is 15.4. The summed E-state index contributed by atoms with van der Waals surface area (Å²) in [5.74, 6) is 0.325. The quantitative estimate of drug-likeness (QED) is 0.944. The van der Waals surface area contributed by atoms with Crippen molar-refractivity contribution in [3.63, 3.8) is 0 Å². The van der Waals surface area contributed by atoms with E-state index in [0.717, 1.165) is 18.9 Å². The molecule has 2 aromatic rings. The lowest BCUT2D eigenvalue weighted by Crippen LogP contribution is -2.19. The smallest absolute Gasteiger partial charge is 0.228 e. The number of carbonyl (C=O) groups excluding carboxylic acids is 1. The molecule has 0 atom stereocenters. The molecule has 1 aliphatic heterocycles. The van der Waals surface area contributed by atoms with E-state index in [1.54, 1.807) is 24.4 Å². The Kier molecular flexibility index (Phi) is 4.32. The van der Waals surface area contributed by atoms with Crippen molar-refractivity contribution in [3.8, 4) is 0 Å². The Morgan fingerprint density at radius 1 is 1.18 bits per heavy atom. The number of hydrogen-bond acceptors (Lipinski definition) is 3. The maximum atomic E-state index is 13.5. The second kappa shape index (κ2) is 6.56. The van der Waals surface area contributed by atoms with Gasteiger partial charge in [0.2, 0.25) is 5.91 Å². The van der Waals surface area contributed by atoms with Gasteiger partial charge in [0.25, 0.3) is 0 Å². The van der Waals surface area contributed by atoms with Crippen LogP contribution < -0.4 is 10.2 Å². The molecule has 0 radical (unpaired) electrons. The Morgan fingerprint density at radius 2 is 1.95 bits per heavy atom. The number of nitrogens with one attached hydrogen (secondary N) is 1. The van der Waals surface area contributed by atoms with Crippen LogP contribution in [0.1, 0.15) is 18.4 Å². The minimum Gasteiger partial charge on any atom is -0.357 e. The van der Waals surface area contributed by atoms with Crippen LogP contribution in [0.2, 0.25) is 0 Å². The average molecular weight is 299 g/mol. The van der Waals surface area contributed by atoms with Crippen molar-refractivity contribution in [1.29, 1.82) is 0 Å². The standard InChI is InChI=1S/C17H18FN3O/c18-15-6-2-1-5-13(15)11-17(22)20-14-7-8-16(19-12-14)21-9-3-4-10-21/h1-2,5-8,12H,3-4,9-11H2,(H,20,22). The van der Waals surface area contributed by atoms with E-state index in [0.29, 0.717) is 11.3 Å². The van der Waals surface area contributed by atoms with E-state index in [4.69, 9.17) is 0 Å². The van der Waals surface area contributed by atoms with Gasteiger partial charge in [0.15, 0.2) is 0 Å². The first kappa shape index (κ1) is 14.5. The second-order valence-electron chi connectivity index (χ2n) is 5.42. The van der Waals surface area contributed by atoms with Crippen molar-refractivity contribution in [2.75, 3.05) is 23.3 Å². The molecule has 1 saturated heterocycles. The van der Waals surface area contributed by atoms with Crippen LogP contribution in [0, 0.1) is 5.82 Å². The molecule has 3 rings (SSSR count). The first-order valence-electron chi connectivity index (χ1n) is 7.46. The van der Waals surface area contributed by atoms with Crippen molar-refractivity contribution in [2.24, 2.45) is 0 Å².